The molecule has 2 rings (SSSR count). The average molecular weight is 321 g/mol. The highest BCUT2D eigenvalue weighted by atomic mass is 32.1. The number of carbonyl (C=O) groups is 1. The third kappa shape index (κ3) is 4.16. The predicted molar refractivity (Wildman–Crippen MR) is 83.3 cm³/mol. The number of nitrogen functional groups attached to an aromatic ring is 1. The molecule has 0 aliphatic heterocycles. The summed E-state index contributed by atoms with van der Waals surface area (Å²) >= 11 is 1.17. The average Bonchev–Trinajstić information content (AvgIpc) is 2.92. The number of amides is 1. The SMILES string of the molecule is COc1ccc(C=NNC(=O)Cc2nnc(N)s2)c(OC)c1. The molecule has 8 nitrogen and oxygen atoms in total. The van der Waals surface area contributed by atoms with E-state index < -0.39 is 0 Å². The first-order valence-corrected chi connectivity index (χ1v) is 7.06. The number of hydrogen-bond donors (Lipinski definition) is 2. The van der Waals surface area contributed by atoms with E-state index in [2.05, 4.69) is 20.7 Å². The van der Waals surface area contributed by atoms with E-state index in [0.717, 1.165) is 0 Å². The Hall–Kier alpha value is -2.68. The van der Waals surface area contributed by atoms with Crippen LogP contribution in [0.1, 0.15) is 10.6 Å². The van der Waals surface area contributed by atoms with E-state index in [4.69, 9.17) is 15.2 Å². The summed E-state index contributed by atoms with van der Waals surface area (Å²) in [5.41, 5.74) is 8.57. The highest BCUT2D eigenvalue weighted by Crippen LogP contribution is 2.22. The summed E-state index contributed by atoms with van der Waals surface area (Å²) in [6.07, 6.45) is 1.57. The van der Waals surface area contributed by atoms with Gasteiger partial charge in [-0.1, -0.05) is 11.3 Å². The number of nitrogens with two attached hydrogens (primary N) is 1. The Bertz CT molecular complexity index is 686. The molecule has 3 N–H and O–H groups in total. The Balaban J connectivity index is 1.95. The van der Waals surface area contributed by atoms with Crippen LogP contribution >= 0.6 is 11.3 Å². The zero-order valence-electron chi connectivity index (χ0n) is 12.1. The molecule has 116 valence electrons. The number of benzene rings is 1. The smallest absolute Gasteiger partial charge is 0.247 e. The number of carbonyl (C=O) groups excluding carboxylic acids is 1. The summed E-state index contributed by atoms with van der Waals surface area (Å²) in [5, 5.41) is 12.2. The van der Waals surface area contributed by atoms with E-state index in [1.165, 1.54) is 17.6 Å². The fourth-order valence-electron chi connectivity index (χ4n) is 1.61. The van der Waals surface area contributed by atoms with Crippen LogP contribution < -0.4 is 20.6 Å². The highest BCUT2D eigenvalue weighted by molar-refractivity contribution is 7.15. The van der Waals surface area contributed by atoms with Crippen molar-refractivity contribution in [3.05, 3.63) is 28.8 Å². The van der Waals surface area contributed by atoms with Gasteiger partial charge in [0, 0.05) is 11.6 Å². The molecule has 0 radical (unpaired) electrons. The first-order chi connectivity index (χ1) is 10.6. The monoisotopic (exact) mass is 321 g/mol. The first kappa shape index (κ1) is 15.7. The van der Waals surface area contributed by atoms with Crippen molar-refractivity contribution in [3.8, 4) is 11.5 Å². The van der Waals surface area contributed by atoms with Crippen LogP contribution in [0.15, 0.2) is 23.3 Å². The van der Waals surface area contributed by atoms with Gasteiger partial charge in [0.15, 0.2) is 0 Å². The molecule has 1 aromatic carbocycles. The second-order valence-electron chi connectivity index (χ2n) is 4.11. The van der Waals surface area contributed by atoms with Gasteiger partial charge in [0.2, 0.25) is 11.0 Å². The number of aromatic nitrogens is 2. The van der Waals surface area contributed by atoms with Gasteiger partial charge in [-0.2, -0.15) is 5.10 Å². The summed E-state index contributed by atoms with van der Waals surface area (Å²) in [6, 6.07) is 5.28. The number of hydrazone groups is 1. The number of anilines is 1. The molecule has 2 aromatic rings. The fourth-order valence-corrected chi connectivity index (χ4v) is 2.22. The maximum absolute atomic E-state index is 11.7. The molecule has 0 aliphatic carbocycles. The summed E-state index contributed by atoms with van der Waals surface area (Å²) < 4.78 is 10.3. The van der Waals surface area contributed by atoms with E-state index in [0.29, 0.717) is 27.2 Å². The maximum atomic E-state index is 11.7. The molecule has 0 spiro atoms. The van der Waals surface area contributed by atoms with Gasteiger partial charge in [-0.25, -0.2) is 5.43 Å². The lowest BCUT2D eigenvalue weighted by molar-refractivity contribution is -0.120. The molecule has 0 unspecified atom stereocenters. The molecule has 0 atom stereocenters. The second kappa shape index (κ2) is 7.36. The predicted octanol–water partition coefficient (Wildman–Crippen LogP) is 0.830. The molecule has 1 amide bonds. The molecular weight excluding hydrogens is 306 g/mol. The van der Waals surface area contributed by atoms with Gasteiger partial charge < -0.3 is 15.2 Å². The zero-order chi connectivity index (χ0) is 15.9. The summed E-state index contributed by atoms with van der Waals surface area (Å²) in [4.78, 5) is 11.7. The third-order valence-electron chi connectivity index (χ3n) is 2.63. The van der Waals surface area contributed by atoms with Crippen molar-refractivity contribution >= 4 is 28.6 Å². The minimum Gasteiger partial charge on any atom is -0.497 e. The Labute approximate surface area is 131 Å². The van der Waals surface area contributed by atoms with E-state index in [-0.39, 0.29) is 12.3 Å². The van der Waals surface area contributed by atoms with Gasteiger partial charge in [0.05, 0.1) is 26.9 Å². The van der Waals surface area contributed by atoms with Gasteiger partial charge in [0.1, 0.15) is 16.5 Å². The van der Waals surface area contributed by atoms with Gasteiger partial charge in [0.25, 0.3) is 0 Å². The molecule has 1 heterocycles. The number of nitrogens with one attached hydrogen (secondary N) is 1. The Kier molecular flexibility index (Phi) is 5.26. The largest absolute Gasteiger partial charge is 0.497 e. The van der Waals surface area contributed by atoms with Crippen LogP contribution in [-0.4, -0.2) is 36.5 Å². The topological polar surface area (TPSA) is 112 Å². The zero-order valence-corrected chi connectivity index (χ0v) is 12.9. The molecule has 0 saturated heterocycles. The van der Waals surface area contributed by atoms with Crippen molar-refractivity contribution in [2.75, 3.05) is 20.0 Å². The van der Waals surface area contributed by atoms with Crippen LogP contribution in [0.25, 0.3) is 0 Å². The Morgan fingerprint density at radius 3 is 2.86 bits per heavy atom. The third-order valence-corrected chi connectivity index (χ3v) is 3.38. The molecule has 0 saturated carbocycles. The standard InChI is InChI=1S/C13H15N5O3S/c1-20-9-4-3-8(10(5-9)21-2)7-15-16-11(19)6-12-17-18-13(14)22-12/h3-5,7H,6H2,1-2H3,(H2,14,18)(H,16,19). The van der Waals surface area contributed by atoms with Crippen molar-refractivity contribution < 1.29 is 14.3 Å². The summed E-state index contributed by atoms with van der Waals surface area (Å²) in [5.74, 6) is 0.959. The van der Waals surface area contributed by atoms with Crippen LogP contribution in [-0.2, 0) is 11.2 Å². The van der Waals surface area contributed by atoms with Crippen LogP contribution in [0.5, 0.6) is 11.5 Å². The summed E-state index contributed by atoms with van der Waals surface area (Å²) in [6.45, 7) is 0. The Morgan fingerprint density at radius 1 is 1.41 bits per heavy atom. The molecule has 1 aromatic heterocycles. The van der Waals surface area contributed by atoms with Gasteiger partial charge >= 0.3 is 0 Å². The van der Waals surface area contributed by atoms with Crippen LogP contribution in [0.4, 0.5) is 5.13 Å². The van der Waals surface area contributed by atoms with E-state index in [9.17, 15) is 4.79 Å². The number of nitrogens with zero attached hydrogens (tertiary/aromatic N) is 3. The summed E-state index contributed by atoms with van der Waals surface area (Å²) in [7, 11) is 3.12. The maximum Gasteiger partial charge on any atom is 0.247 e. The lowest BCUT2D eigenvalue weighted by atomic mass is 10.2. The van der Waals surface area contributed by atoms with E-state index in [1.807, 2.05) is 0 Å². The molecule has 0 bridgehead atoms. The van der Waals surface area contributed by atoms with Crippen LogP contribution in [0.2, 0.25) is 0 Å². The minimum atomic E-state index is -0.306. The van der Waals surface area contributed by atoms with Crippen LogP contribution in [0, 0.1) is 0 Å². The van der Waals surface area contributed by atoms with Crippen molar-refractivity contribution in [3.63, 3.8) is 0 Å². The number of rotatable bonds is 6. The number of methoxy groups -OCH3 is 2. The minimum absolute atomic E-state index is 0.0754. The van der Waals surface area contributed by atoms with Gasteiger partial charge in [-0.3, -0.25) is 4.79 Å². The van der Waals surface area contributed by atoms with Crippen molar-refractivity contribution in [1.82, 2.24) is 15.6 Å². The quantitative estimate of drug-likeness (QED) is 0.602. The molecule has 0 aliphatic rings. The normalized spacial score (nSPS) is 10.6. The number of ether oxygens (including phenoxy) is 2. The Morgan fingerprint density at radius 2 is 2.23 bits per heavy atom. The lowest BCUT2D eigenvalue weighted by Gasteiger charge is -2.06. The van der Waals surface area contributed by atoms with Crippen molar-refractivity contribution in [2.24, 2.45) is 5.10 Å². The second-order valence-corrected chi connectivity index (χ2v) is 5.21. The van der Waals surface area contributed by atoms with Crippen LogP contribution in [0.3, 0.4) is 0 Å². The van der Waals surface area contributed by atoms with E-state index in [1.54, 1.807) is 32.4 Å². The fraction of sp³-hybridized carbons (Fsp3) is 0.231. The molecular formula is C13H15N5O3S. The van der Waals surface area contributed by atoms with E-state index >= 15 is 0 Å². The van der Waals surface area contributed by atoms with Gasteiger partial charge in [-0.15, -0.1) is 10.2 Å². The van der Waals surface area contributed by atoms with Crippen molar-refractivity contribution in [2.45, 2.75) is 6.42 Å². The van der Waals surface area contributed by atoms with Crippen molar-refractivity contribution in [1.29, 1.82) is 0 Å². The highest BCUT2D eigenvalue weighted by Gasteiger charge is 2.07. The molecule has 0 fully saturated rings. The molecule has 9 heteroatoms. The lowest BCUT2D eigenvalue weighted by Crippen LogP contribution is -2.19. The van der Waals surface area contributed by atoms with Gasteiger partial charge in [-0.05, 0) is 12.1 Å². The number of hydrogen-bond acceptors (Lipinski definition) is 8. The molecule has 22 heavy (non-hydrogen) atoms. The first-order valence-electron chi connectivity index (χ1n) is 6.24.